The molecule has 3 heterocycles. The summed E-state index contributed by atoms with van der Waals surface area (Å²) in [6.07, 6.45) is 1.74. The number of aromatic amines is 1. The van der Waals surface area contributed by atoms with E-state index in [1.54, 1.807) is 22.7 Å². The number of rotatable bonds is 3. The molecule has 96 valence electrons. The molecule has 0 aliphatic rings. The van der Waals surface area contributed by atoms with Gasteiger partial charge in [-0.05, 0) is 23.7 Å². The zero-order valence-corrected chi connectivity index (χ0v) is 13.0. The summed E-state index contributed by atoms with van der Waals surface area (Å²) in [6, 6.07) is 4.83. The molecule has 2 N–H and O–H groups in total. The number of halogens is 1. The molecule has 3 aromatic heterocycles. The van der Waals surface area contributed by atoms with Gasteiger partial charge in [0.2, 0.25) is 11.2 Å². The Bertz CT molecular complexity index is 770. The number of H-pyrrole nitrogens is 1. The van der Waals surface area contributed by atoms with E-state index in [9.17, 15) is 9.90 Å². The number of carbonyl (C=O) groups is 1. The van der Waals surface area contributed by atoms with E-state index in [1.807, 2.05) is 0 Å². The second-order valence-electron chi connectivity index (χ2n) is 3.63. The Kier molecular flexibility index (Phi) is 4.29. The Morgan fingerprint density at radius 1 is 1.45 bits per heavy atom. The quantitative estimate of drug-likeness (QED) is 0.506. The first-order valence-electron chi connectivity index (χ1n) is 5.18. The van der Waals surface area contributed by atoms with E-state index in [2.05, 4.69) is 25.5 Å². The number of aromatic carboxylic acids is 1. The van der Waals surface area contributed by atoms with Crippen LogP contribution in [0, 0.1) is 0 Å². The van der Waals surface area contributed by atoms with Crippen molar-refractivity contribution in [1.82, 2.24) is 24.6 Å². The average Bonchev–Trinajstić information content (AvgIpc) is 2.96. The molecule has 10 heteroatoms. The van der Waals surface area contributed by atoms with Gasteiger partial charge in [-0.3, -0.25) is 9.50 Å². The van der Waals surface area contributed by atoms with E-state index in [-0.39, 0.29) is 46.4 Å². The molecular formula is C10H6ClN6NaO2. The Morgan fingerprint density at radius 2 is 2.25 bits per heavy atom. The van der Waals surface area contributed by atoms with Crippen molar-refractivity contribution in [2.24, 2.45) is 0 Å². The zero-order valence-electron chi connectivity index (χ0n) is 10.3. The normalized spacial score (nSPS) is 10.2. The van der Waals surface area contributed by atoms with Crippen molar-refractivity contribution in [3.8, 4) is 0 Å². The molecule has 20 heavy (non-hydrogen) atoms. The molecule has 0 spiro atoms. The van der Waals surface area contributed by atoms with Crippen molar-refractivity contribution >= 4 is 35.0 Å². The topological polar surface area (TPSA) is 111 Å². The third-order valence-corrected chi connectivity index (χ3v) is 2.57. The van der Waals surface area contributed by atoms with Crippen LogP contribution in [-0.4, -0.2) is 30.5 Å². The van der Waals surface area contributed by atoms with Gasteiger partial charge >= 0.3 is 29.6 Å². The van der Waals surface area contributed by atoms with Gasteiger partial charge in [-0.1, -0.05) is 0 Å². The molecule has 0 bridgehead atoms. The first kappa shape index (κ1) is 14.8. The number of hydrogen-bond acceptors (Lipinski definition) is 6. The number of hydrogen-bond donors (Lipinski definition) is 2. The molecule has 0 saturated heterocycles. The van der Waals surface area contributed by atoms with Gasteiger partial charge < -0.3 is 15.2 Å². The van der Waals surface area contributed by atoms with Gasteiger partial charge in [-0.15, -0.1) is 0 Å². The summed E-state index contributed by atoms with van der Waals surface area (Å²) in [5.41, 5.74) is 0.476. The van der Waals surface area contributed by atoms with Gasteiger partial charge in [0.25, 0.3) is 0 Å². The maximum absolute atomic E-state index is 10.6. The Morgan fingerprint density at radius 3 is 2.95 bits per heavy atom. The van der Waals surface area contributed by atoms with Crippen molar-refractivity contribution in [2.75, 3.05) is 5.32 Å². The van der Waals surface area contributed by atoms with E-state index in [4.69, 9.17) is 11.6 Å². The number of carbonyl (C=O) groups excluding carboxylic acids is 1. The van der Waals surface area contributed by atoms with Crippen LogP contribution in [0.1, 0.15) is 10.5 Å². The first-order valence-corrected chi connectivity index (χ1v) is 5.55. The van der Waals surface area contributed by atoms with Crippen molar-refractivity contribution < 1.29 is 39.5 Å². The van der Waals surface area contributed by atoms with E-state index < -0.39 is 5.97 Å². The zero-order chi connectivity index (χ0) is 13.4. The van der Waals surface area contributed by atoms with Crippen LogP contribution in [0.25, 0.3) is 5.65 Å². The standard InChI is InChI=1S/C10H7ClN6O2.Na/c11-9-13-7-2-1-3-17(7)10(14-9)12-6-4-5(8(18)19)15-16-6;/h1-4H,(H,18,19)(H2,12,13,14,15,16);/q;+1/p-1. The summed E-state index contributed by atoms with van der Waals surface area (Å²) >= 11 is 5.79. The minimum Gasteiger partial charge on any atom is -0.543 e. The maximum Gasteiger partial charge on any atom is 1.00 e. The van der Waals surface area contributed by atoms with Crippen LogP contribution in [0.15, 0.2) is 24.4 Å². The first-order chi connectivity index (χ1) is 9.13. The third kappa shape index (κ3) is 2.78. The van der Waals surface area contributed by atoms with Crippen LogP contribution >= 0.6 is 11.6 Å². The fourth-order valence-electron chi connectivity index (χ4n) is 1.60. The molecule has 0 unspecified atom stereocenters. The molecule has 0 aromatic carbocycles. The molecule has 0 amide bonds. The number of nitrogens with zero attached hydrogens (tertiary/aromatic N) is 4. The monoisotopic (exact) mass is 300 g/mol. The van der Waals surface area contributed by atoms with Gasteiger partial charge in [0.15, 0.2) is 5.82 Å². The van der Waals surface area contributed by atoms with Gasteiger partial charge in [0.1, 0.15) is 5.65 Å². The molecule has 0 radical (unpaired) electrons. The number of nitrogens with one attached hydrogen (secondary N) is 2. The number of carboxylic acids is 1. The van der Waals surface area contributed by atoms with Crippen molar-refractivity contribution in [1.29, 1.82) is 0 Å². The summed E-state index contributed by atoms with van der Waals surface area (Å²) in [7, 11) is 0. The van der Waals surface area contributed by atoms with Crippen molar-refractivity contribution in [3.05, 3.63) is 35.4 Å². The van der Waals surface area contributed by atoms with Crippen LogP contribution < -0.4 is 40.0 Å². The van der Waals surface area contributed by atoms with Crippen LogP contribution in [-0.2, 0) is 0 Å². The van der Waals surface area contributed by atoms with Crippen molar-refractivity contribution in [3.63, 3.8) is 0 Å². The largest absolute Gasteiger partial charge is 1.00 e. The van der Waals surface area contributed by atoms with E-state index in [1.165, 1.54) is 6.07 Å². The average molecular weight is 301 g/mol. The van der Waals surface area contributed by atoms with E-state index in [0.29, 0.717) is 11.6 Å². The van der Waals surface area contributed by atoms with Crippen molar-refractivity contribution in [2.45, 2.75) is 0 Å². The summed E-state index contributed by atoms with van der Waals surface area (Å²) in [4.78, 5) is 18.7. The molecule has 0 atom stereocenters. The molecule has 0 fully saturated rings. The predicted molar refractivity (Wildman–Crippen MR) is 64.2 cm³/mol. The summed E-state index contributed by atoms with van der Waals surface area (Å²) in [6.45, 7) is 0. The molecular weight excluding hydrogens is 295 g/mol. The van der Waals surface area contributed by atoms with Gasteiger partial charge in [0, 0.05) is 12.3 Å². The van der Waals surface area contributed by atoms with Crippen LogP contribution in [0.4, 0.5) is 11.8 Å². The van der Waals surface area contributed by atoms with Gasteiger partial charge in [-0.25, -0.2) is 0 Å². The maximum atomic E-state index is 10.6. The molecule has 0 saturated carbocycles. The minimum absolute atomic E-state index is 0. The number of fused-ring (bicyclic) bond motifs is 1. The SMILES string of the molecule is O=C([O-])c1cc(Nc2nc(Cl)nc3cccn23)n[nH]1.[Na+]. The van der Waals surface area contributed by atoms with Crippen LogP contribution in [0.3, 0.4) is 0 Å². The van der Waals surface area contributed by atoms with E-state index in [0.717, 1.165) is 0 Å². The molecule has 3 rings (SSSR count). The molecule has 8 nitrogen and oxygen atoms in total. The Hall–Kier alpha value is -1.61. The predicted octanol–water partition coefficient (Wildman–Crippen LogP) is -2.78. The van der Waals surface area contributed by atoms with Gasteiger partial charge in [0.05, 0.1) is 11.7 Å². The molecule has 0 aliphatic heterocycles. The minimum atomic E-state index is -1.34. The molecule has 3 aromatic rings. The smallest absolute Gasteiger partial charge is 0.543 e. The third-order valence-electron chi connectivity index (χ3n) is 2.40. The summed E-state index contributed by atoms with van der Waals surface area (Å²) in [5.74, 6) is -0.687. The Labute approximate surface area is 139 Å². The number of aromatic nitrogens is 5. The fraction of sp³-hybridized carbons (Fsp3) is 0. The number of carboxylic acid groups (broad SMARTS) is 1. The summed E-state index contributed by atoms with van der Waals surface area (Å²) in [5, 5.41) is 19.6. The van der Waals surface area contributed by atoms with Gasteiger partial charge in [-0.2, -0.15) is 15.1 Å². The Balaban J connectivity index is 0.00000147. The fourth-order valence-corrected chi connectivity index (χ4v) is 1.76. The molecule has 0 aliphatic carbocycles. The summed E-state index contributed by atoms with van der Waals surface area (Å²) < 4.78 is 1.65. The van der Waals surface area contributed by atoms with E-state index >= 15 is 0 Å². The second kappa shape index (κ2) is 5.80. The van der Waals surface area contributed by atoms with Crippen LogP contribution in [0.5, 0.6) is 0 Å². The second-order valence-corrected chi connectivity index (χ2v) is 3.97. The number of anilines is 2. The van der Waals surface area contributed by atoms with Crippen LogP contribution in [0.2, 0.25) is 5.28 Å².